The van der Waals surface area contributed by atoms with Gasteiger partial charge >= 0.3 is 0 Å². The van der Waals surface area contributed by atoms with Crippen LogP contribution in [0.25, 0.3) is 10.9 Å². The predicted molar refractivity (Wildman–Crippen MR) is 124 cm³/mol. The van der Waals surface area contributed by atoms with Crippen molar-refractivity contribution in [2.24, 2.45) is 5.92 Å². The molecule has 1 aliphatic heterocycles. The summed E-state index contributed by atoms with van der Waals surface area (Å²) in [6, 6.07) is 13.9. The Balaban J connectivity index is 1.50. The maximum Gasteiger partial charge on any atom is 0.261 e. The molecule has 0 amide bonds. The molecule has 4 rings (SSSR count). The summed E-state index contributed by atoms with van der Waals surface area (Å²) in [6.07, 6.45) is 3.06. The average molecular weight is 456 g/mol. The second-order valence-electron chi connectivity index (χ2n) is 8.23. The third-order valence-electron chi connectivity index (χ3n) is 6.13. The Morgan fingerprint density at radius 3 is 2.41 bits per heavy atom. The van der Waals surface area contributed by atoms with Gasteiger partial charge in [0.15, 0.2) is 0 Å². The monoisotopic (exact) mass is 455 g/mol. The molecule has 0 aliphatic carbocycles. The Hall–Kier alpha value is -2.71. The fourth-order valence-electron chi connectivity index (χ4n) is 4.30. The molecule has 0 radical (unpaired) electrons. The Kier molecular flexibility index (Phi) is 6.62. The highest BCUT2D eigenvalue weighted by molar-refractivity contribution is 7.89. The normalized spacial score (nSPS) is 15.8. The Morgan fingerprint density at radius 1 is 1.06 bits per heavy atom. The lowest BCUT2D eigenvalue weighted by Gasteiger charge is -2.32. The van der Waals surface area contributed by atoms with Crippen LogP contribution in [0, 0.1) is 5.92 Å². The molecule has 0 bridgehead atoms. The van der Waals surface area contributed by atoms with Crippen LogP contribution in [-0.2, 0) is 23.0 Å². The molecule has 32 heavy (non-hydrogen) atoms. The summed E-state index contributed by atoms with van der Waals surface area (Å²) >= 11 is 0. The van der Waals surface area contributed by atoms with Gasteiger partial charge in [-0.3, -0.25) is 9.36 Å². The average Bonchev–Trinajstić information content (AvgIpc) is 2.82. The topological polar surface area (TPSA) is 81.5 Å². The van der Waals surface area contributed by atoms with Crippen molar-refractivity contribution in [2.75, 3.05) is 20.2 Å². The van der Waals surface area contributed by atoms with Gasteiger partial charge in [0.2, 0.25) is 10.0 Å². The van der Waals surface area contributed by atoms with Crippen LogP contribution in [0.5, 0.6) is 5.75 Å². The van der Waals surface area contributed by atoms with Crippen LogP contribution in [0.3, 0.4) is 0 Å². The van der Waals surface area contributed by atoms with Gasteiger partial charge in [-0.25, -0.2) is 13.4 Å². The molecule has 0 N–H and O–H groups in total. The first-order valence-corrected chi connectivity index (χ1v) is 12.5. The van der Waals surface area contributed by atoms with Crippen LogP contribution in [0.1, 0.15) is 32.0 Å². The smallest absolute Gasteiger partial charge is 0.261 e. The van der Waals surface area contributed by atoms with E-state index >= 15 is 0 Å². The summed E-state index contributed by atoms with van der Waals surface area (Å²) in [5.74, 6) is 1.66. The van der Waals surface area contributed by atoms with E-state index in [0.717, 1.165) is 24.2 Å². The highest BCUT2D eigenvalue weighted by Gasteiger charge is 2.30. The molecule has 2 heterocycles. The maximum atomic E-state index is 13.2. The molecule has 2 aromatic carbocycles. The predicted octanol–water partition coefficient (Wildman–Crippen LogP) is 3.46. The van der Waals surface area contributed by atoms with E-state index < -0.39 is 10.0 Å². The summed E-state index contributed by atoms with van der Waals surface area (Å²) in [6.45, 7) is 3.53. The highest BCUT2D eigenvalue weighted by Crippen LogP contribution is 2.26. The van der Waals surface area contributed by atoms with Crippen molar-refractivity contribution >= 4 is 20.9 Å². The van der Waals surface area contributed by atoms with Crippen molar-refractivity contribution < 1.29 is 13.2 Å². The zero-order chi connectivity index (χ0) is 22.7. The summed E-state index contributed by atoms with van der Waals surface area (Å²) in [5, 5.41) is 0.631. The number of ether oxygens (including phenoxy) is 1. The number of piperidine rings is 1. The van der Waals surface area contributed by atoms with Crippen LogP contribution in [-0.4, -0.2) is 42.5 Å². The van der Waals surface area contributed by atoms with Crippen molar-refractivity contribution in [3.63, 3.8) is 0 Å². The van der Waals surface area contributed by atoms with Gasteiger partial charge < -0.3 is 4.74 Å². The molecule has 1 aliphatic rings. The van der Waals surface area contributed by atoms with Gasteiger partial charge in [0.1, 0.15) is 11.6 Å². The number of sulfonamides is 1. The Bertz CT molecular complexity index is 1240. The summed E-state index contributed by atoms with van der Waals surface area (Å²) in [5.41, 5.74) is 0.727. The third-order valence-corrected chi connectivity index (χ3v) is 8.04. The fourth-order valence-corrected chi connectivity index (χ4v) is 5.77. The quantitative estimate of drug-likeness (QED) is 0.545. The van der Waals surface area contributed by atoms with Gasteiger partial charge in [-0.2, -0.15) is 4.31 Å². The lowest BCUT2D eigenvalue weighted by Crippen LogP contribution is -2.40. The molecule has 0 atom stereocenters. The van der Waals surface area contributed by atoms with E-state index in [-0.39, 0.29) is 16.4 Å². The van der Waals surface area contributed by atoms with E-state index in [0.29, 0.717) is 43.6 Å². The third kappa shape index (κ3) is 4.42. The number of aromatic nitrogens is 2. The zero-order valence-electron chi connectivity index (χ0n) is 18.5. The standard InChI is InChI=1S/C24H29N3O4S/c1-3-6-23-25-22-8-5-4-7-21(22)24(28)27(23)17-18-13-15-26(16-14-18)32(29,30)20-11-9-19(31-2)10-12-20/h4-5,7-12,18H,3,6,13-17H2,1-2H3. The van der Waals surface area contributed by atoms with Gasteiger partial charge in [0.05, 0.1) is 22.9 Å². The lowest BCUT2D eigenvalue weighted by atomic mass is 9.98. The highest BCUT2D eigenvalue weighted by atomic mass is 32.2. The molecule has 170 valence electrons. The molecular weight excluding hydrogens is 426 g/mol. The second-order valence-corrected chi connectivity index (χ2v) is 10.2. The van der Waals surface area contributed by atoms with Crippen molar-refractivity contribution in [2.45, 2.75) is 44.0 Å². The van der Waals surface area contributed by atoms with E-state index in [1.54, 1.807) is 35.7 Å². The van der Waals surface area contributed by atoms with E-state index in [9.17, 15) is 13.2 Å². The van der Waals surface area contributed by atoms with Crippen LogP contribution < -0.4 is 10.3 Å². The first-order valence-electron chi connectivity index (χ1n) is 11.1. The van der Waals surface area contributed by atoms with Gasteiger partial charge in [-0.1, -0.05) is 19.1 Å². The molecule has 1 aromatic heterocycles. The first-order chi connectivity index (χ1) is 15.4. The van der Waals surface area contributed by atoms with Gasteiger partial charge in [0.25, 0.3) is 5.56 Å². The summed E-state index contributed by atoms with van der Waals surface area (Å²) in [4.78, 5) is 18.2. The van der Waals surface area contributed by atoms with E-state index in [1.807, 2.05) is 28.8 Å². The van der Waals surface area contributed by atoms with E-state index in [4.69, 9.17) is 9.72 Å². The number of fused-ring (bicyclic) bond motifs is 1. The van der Waals surface area contributed by atoms with Crippen LogP contribution in [0.2, 0.25) is 0 Å². The molecule has 8 heteroatoms. The number of hydrogen-bond donors (Lipinski definition) is 0. The van der Waals surface area contributed by atoms with Crippen molar-refractivity contribution in [1.82, 2.24) is 13.9 Å². The zero-order valence-corrected chi connectivity index (χ0v) is 19.3. The number of benzene rings is 2. The number of nitrogens with zero attached hydrogens (tertiary/aromatic N) is 3. The Labute approximate surface area is 188 Å². The van der Waals surface area contributed by atoms with E-state index in [1.165, 1.54) is 0 Å². The van der Waals surface area contributed by atoms with Crippen molar-refractivity contribution in [3.05, 3.63) is 64.7 Å². The molecule has 1 fully saturated rings. The first kappa shape index (κ1) is 22.5. The van der Waals surface area contributed by atoms with Crippen molar-refractivity contribution in [3.8, 4) is 5.75 Å². The number of para-hydroxylation sites is 1. The summed E-state index contributed by atoms with van der Waals surface area (Å²) < 4.78 is 34.5. The molecular formula is C24H29N3O4S. The number of hydrogen-bond acceptors (Lipinski definition) is 5. The number of methoxy groups -OCH3 is 1. The minimum absolute atomic E-state index is 0.00710. The fraction of sp³-hybridized carbons (Fsp3) is 0.417. The molecule has 0 unspecified atom stereocenters. The molecule has 3 aromatic rings. The van der Waals surface area contributed by atoms with Gasteiger partial charge in [-0.15, -0.1) is 0 Å². The molecule has 0 saturated carbocycles. The van der Waals surface area contributed by atoms with Crippen LogP contribution in [0.4, 0.5) is 0 Å². The second kappa shape index (κ2) is 9.42. The SMILES string of the molecule is CCCc1nc2ccccc2c(=O)n1CC1CCN(S(=O)(=O)c2ccc(OC)cc2)CC1. The van der Waals surface area contributed by atoms with Crippen LogP contribution in [0.15, 0.2) is 58.2 Å². The minimum atomic E-state index is -3.54. The number of aryl methyl sites for hydroxylation is 1. The largest absolute Gasteiger partial charge is 0.497 e. The Morgan fingerprint density at radius 2 is 1.75 bits per heavy atom. The number of rotatable bonds is 7. The lowest BCUT2D eigenvalue weighted by molar-refractivity contribution is 0.249. The van der Waals surface area contributed by atoms with E-state index in [2.05, 4.69) is 6.92 Å². The van der Waals surface area contributed by atoms with Gasteiger partial charge in [-0.05, 0) is 61.6 Å². The molecule has 7 nitrogen and oxygen atoms in total. The van der Waals surface area contributed by atoms with Crippen LogP contribution >= 0.6 is 0 Å². The molecule has 0 spiro atoms. The maximum absolute atomic E-state index is 13.2. The van der Waals surface area contributed by atoms with Crippen molar-refractivity contribution in [1.29, 1.82) is 0 Å². The minimum Gasteiger partial charge on any atom is -0.497 e. The molecule has 1 saturated heterocycles. The van der Waals surface area contributed by atoms with Gasteiger partial charge in [0, 0.05) is 26.1 Å². The summed E-state index contributed by atoms with van der Waals surface area (Å²) in [7, 11) is -1.99.